The molecule has 0 aliphatic carbocycles. The van der Waals surface area contributed by atoms with E-state index in [0.29, 0.717) is 17.1 Å². The summed E-state index contributed by atoms with van der Waals surface area (Å²) in [6.45, 7) is 2.72. The van der Waals surface area contributed by atoms with E-state index in [1.165, 1.54) is 0 Å². The van der Waals surface area contributed by atoms with E-state index >= 15 is 0 Å². The van der Waals surface area contributed by atoms with E-state index in [1.54, 1.807) is 17.1 Å². The summed E-state index contributed by atoms with van der Waals surface area (Å²) in [6, 6.07) is 0. The Bertz CT molecular complexity index is 309. The molecule has 5 heteroatoms. The molecule has 1 amide bonds. The topological polar surface area (TPSA) is 46.9 Å². The standard InChI is InChI=1S/C9H14BrN3O/c1-7(10)3-4-11-9(14)8-5-13(2)6-12-8/h5-7H,3-4H2,1-2H3,(H,11,14). The van der Waals surface area contributed by atoms with Crippen molar-refractivity contribution in [2.45, 2.75) is 18.2 Å². The molecule has 1 unspecified atom stereocenters. The molecule has 0 aromatic carbocycles. The van der Waals surface area contributed by atoms with Crippen molar-refractivity contribution in [1.82, 2.24) is 14.9 Å². The molecule has 1 atom stereocenters. The lowest BCUT2D eigenvalue weighted by Crippen LogP contribution is -2.25. The van der Waals surface area contributed by atoms with Gasteiger partial charge >= 0.3 is 0 Å². The number of hydrogen-bond donors (Lipinski definition) is 1. The lowest BCUT2D eigenvalue weighted by molar-refractivity contribution is 0.0949. The van der Waals surface area contributed by atoms with Crippen molar-refractivity contribution in [2.24, 2.45) is 7.05 Å². The quantitative estimate of drug-likeness (QED) is 0.830. The molecule has 0 bridgehead atoms. The van der Waals surface area contributed by atoms with Crippen molar-refractivity contribution in [1.29, 1.82) is 0 Å². The Balaban J connectivity index is 2.36. The van der Waals surface area contributed by atoms with Gasteiger partial charge in [-0.15, -0.1) is 0 Å². The summed E-state index contributed by atoms with van der Waals surface area (Å²) in [4.78, 5) is 15.8. The van der Waals surface area contributed by atoms with Crippen LogP contribution in [0.15, 0.2) is 12.5 Å². The number of nitrogens with zero attached hydrogens (tertiary/aromatic N) is 2. The minimum Gasteiger partial charge on any atom is -0.351 e. The third kappa shape index (κ3) is 3.49. The molecule has 0 spiro atoms. The molecule has 1 aromatic rings. The van der Waals surface area contributed by atoms with Gasteiger partial charge in [-0.05, 0) is 6.42 Å². The zero-order chi connectivity index (χ0) is 10.6. The molecule has 0 fully saturated rings. The van der Waals surface area contributed by atoms with Gasteiger partial charge in [0.25, 0.3) is 5.91 Å². The molecule has 14 heavy (non-hydrogen) atoms. The molecule has 1 rings (SSSR count). The highest BCUT2D eigenvalue weighted by Crippen LogP contribution is 2.01. The lowest BCUT2D eigenvalue weighted by Gasteiger charge is -2.03. The van der Waals surface area contributed by atoms with Crippen LogP contribution in [-0.4, -0.2) is 26.8 Å². The third-order valence-corrected chi connectivity index (χ3v) is 2.22. The van der Waals surface area contributed by atoms with Crippen LogP contribution >= 0.6 is 15.9 Å². The molecule has 1 N–H and O–H groups in total. The van der Waals surface area contributed by atoms with Crippen LogP contribution in [-0.2, 0) is 7.05 Å². The van der Waals surface area contributed by atoms with Crippen LogP contribution in [0.5, 0.6) is 0 Å². The number of carbonyl (C=O) groups excluding carboxylic acids is 1. The second-order valence-electron chi connectivity index (χ2n) is 3.25. The lowest BCUT2D eigenvalue weighted by atomic mass is 10.3. The minimum absolute atomic E-state index is 0.112. The Morgan fingerprint density at radius 3 is 3.00 bits per heavy atom. The van der Waals surface area contributed by atoms with Crippen LogP contribution in [0.4, 0.5) is 0 Å². The number of alkyl halides is 1. The fourth-order valence-corrected chi connectivity index (χ4v) is 1.23. The number of carbonyl (C=O) groups is 1. The van der Waals surface area contributed by atoms with Crippen LogP contribution in [0.2, 0.25) is 0 Å². The van der Waals surface area contributed by atoms with Gasteiger partial charge in [0.1, 0.15) is 5.69 Å². The molecule has 78 valence electrons. The van der Waals surface area contributed by atoms with Gasteiger partial charge in [0.2, 0.25) is 0 Å². The van der Waals surface area contributed by atoms with Crippen molar-refractivity contribution in [3.8, 4) is 0 Å². The van der Waals surface area contributed by atoms with Crippen LogP contribution in [0.3, 0.4) is 0 Å². The van der Waals surface area contributed by atoms with Gasteiger partial charge in [0, 0.05) is 24.6 Å². The predicted octanol–water partition coefficient (Wildman–Crippen LogP) is 1.32. The maximum absolute atomic E-state index is 11.4. The van der Waals surface area contributed by atoms with E-state index in [9.17, 15) is 4.79 Å². The van der Waals surface area contributed by atoms with E-state index in [4.69, 9.17) is 0 Å². The number of amides is 1. The highest BCUT2D eigenvalue weighted by molar-refractivity contribution is 9.09. The predicted molar refractivity (Wildman–Crippen MR) is 58.5 cm³/mol. The first-order chi connectivity index (χ1) is 6.59. The zero-order valence-electron chi connectivity index (χ0n) is 8.33. The fraction of sp³-hybridized carbons (Fsp3) is 0.556. The molecule has 1 aromatic heterocycles. The van der Waals surface area contributed by atoms with Gasteiger partial charge < -0.3 is 9.88 Å². The second-order valence-corrected chi connectivity index (χ2v) is 4.81. The average molecular weight is 260 g/mol. The Hall–Kier alpha value is -0.840. The van der Waals surface area contributed by atoms with Crippen LogP contribution < -0.4 is 5.32 Å². The Morgan fingerprint density at radius 1 is 1.79 bits per heavy atom. The van der Waals surface area contributed by atoms with Gasteiger partial charge in [-0.3, -0.25) is 4.79 Å². The Labute approximate surface area is 91.8 Å². The normalized spacial score (nSPS) is 12.5. The van der Waals surface area contributed by atoms with Crippen molar-refractivity contribution in [2.75, 3.05) is 6.54 Å². The number of hydrogen-bond acceptors (Lipinski definition) is 2. The molecule has 1 heterocycles. The summed E-state index contributed by atoms with van der Waals surface area (Å²) in [5.74, 6) is -0.112. The van der Waals surface area contributed by atoms with E-state index < -0.39 is 0 Å². The van der Waals surface area contributed by atoms with E-state index in [1.807, 2.05) is 14.0 Å². The summed E-state index contributed by atoms with van der Waals surface area (Å²) >= 11 is 3.41. The highest BCUT2D eigenvalue weighted by atomic mass is 79.9. The summed E-state index contributed by atoms with van der Waals surface area (Å²) in [5.41, 5.74) is 0.467. The largest absolute Gasteiger partial charge is 0.351 e. The molecule has 0 saturated carbocycles. The van der Waals surface area contributed by atoms with Gasteiger partial charge in [-0.2, -0.15) is 0 Å². The molecule has 0 aliphatic rings. The SMILES string of the molecule is CC(Br)CCNC(=O)c1cn(C)cn1. The van der Waals surface area contributed by atoms with Gasteiger partial charge in [0.15, 0.2) is 0 Å². The monoisotopic (exact) mass is 259 g/mol. The summed E-state index contributed by atoms with van der Waals surface area (Å²) in [5, 5.41) is 2.80. The van der Waals surface area contributed by atoms with Crippen LogP contribution in [0.25, 0.3) is 0 Å². The Kier molecular flexibility index (Phi) is 4.13. The van der Waals surface area contributed by atoms with E-state index in [0.717, 1.165) is 6.42 Å². The van der Waals surface area contributed by atoms with Crippen LogP contribution in [0, 0.1) is 0 Å². The van der Waals surface area contributed by atoms with E-state index in [2.05, 4.69) is 26.2 Å². The number of imidazole rings is 1. The first kappa shape index (κ1) is 11.2. The molecular weight excluding hydrogens is 246 g/mol. The second kappa shape index (κ2) is 5.14. The first-order valence-corrected chi connectivity index (χ1v) is 5.41. The highest BCUT2D eigenvalue weighted by Gasteiger charge is 2.07. The minimum atomic E-state index is -0.112. The third-order valence-electron chi connectivity index (χ3n) is 1.77. The number of aromatic nitrogens is 2. The van der Waals surface area contributed by atoms with Crippen LogP contribution in [0.1, 0.15) is 23.8 Å². The number of halogens is 1. The van der Waals surface area contributed by atoms with Gasteiger partial charge in [0.05, 0.1) is 6.33 Å². The number of aryl methyl sites for hydroxylation is 1. The number of rotatable bonds is 4. The average Bonchev–Trinajstić information content (AvgIpc) is 2.51. The zero-order valence-corrected chi connectivity index (χ0v) is 9.91. The van der Waals surface area contributed by atoms with Crippen molar-refractivity contribution in [3.05, 3.63) is 18.2 Å². The molecule has 0 saturated heterocycles. The summed E-state index contributed by atoms with van der Waals surface area (Å²) in [6.07, 6.45) is 4.23. The molecule has 0 aliphatic heterocycles. The number of nitrogens with one attached hydrogen (secondary N) is 1. The van der Waals surface area contributed by atoms with Crippen molar-refractivity contribution < 1.29 is 4.79 Å². The molecule has 0 radical (unpaired) electrons. The summed E-state index contributed by atoms with van der Waals surface area (Å²) in [7, 11) is 1.84. The van der Waals surface area contributed by atoms with Gasteiger partial charge in [-0.25, -0.2) is 4.98 Å². The molecular formula is C9H14BrN3O. The van der Waals surface area contributed by atoms with Gasteiger partial charge in [-0.1, -0.05) is 22.9 Å². The van der Waals surface area contributed by atoms with Crippen molar-refractivity contribution in [3.63, 3.8) is 0 Å². The Morgan fingerprint density at radius 2 is 2.50 bits per heavy atom. The van der Waals surface area contributed by atoms with Crippen molar-refractivity contribution >= 4 is 21.8 Å². The van der Waals surface area contributed by atoms with E-state index in [-0.39, 0.29) is 5.91 Å². The fourth-order valence-electron chi connectivity index (χ4n) is 1.01. The summed E-state index contributed by atoms with van der Waals surface area (Å²) < 4.78 is 1.75. The maximum Gasteiger partial charge on any atom is 0.271 e. The smallest absolute Gasteiger partial charge is 0.271 e. The maximum atomic E-state index is 11.4. The first-order valence-electron chi connectivity index (χ1n) is 4.50. The molecule has 4 nitrogen and oxygen atoms in total.